The Balaban J connectivity index is 2.37. The summed E-state index contributed by atoms with van der Waals surface area (Å²) < 4.78 is 23.8. The summed E-state index contributed by atoms with van der Waals surface area (Å²) in [6, 6.07) is 0. The minimum Gasteiger partial charge on any atom is -0.224 e. The van der Waals surface area contributed by atoms with Crippen molar-refractivity contribution < 1.29 is 8.42 Å². The third kappa shape index (κ3) is 2.62. The van der Waals surface area contributed by atoms with Gasteiger partial charge in [-0.2, -0.15) is 5.10 Å². The van der Waals surface area contributed by atoms with Crippen molar-refractivity contribution in [1.29, 1.82) is 0 Å². The van der Waals surface area contributed by atoms with Crippen LogP contribution in [0.15, 0.2) is 29.7 Å². The Bertz CT molecular complexity index is 621. The maximum atomic E-state index is 11.3. The molecule has 6 nitrogen and oxygen atoms in total. The molecular weight excluding hydrogens is 264 g/mol. The van der Waals surface area contributed by atoms with E-state index in [4.69, 9.17) is 11.6 Å². The van der Waals surface area contributed by atoms with Gasteiger partial charge in [-0.15, -0.1) is 11.6 Å². The average Bonchev–Trinajstić information content (AvgIpc) is 2.78. The summed E-state index contributed by atoms with van der Waals surface area (Å²) in [6.45, 7) is 0. The van der Waals surface area contributed by atoms with Crippen molar-refractivity contribution in [3.8, 4) is 5.95 Å². The van der Waals surface area contributed by atoms with Gasteiger partial charge < -0.3 is 0 Å². The van der Waals surface area contributed by atoms with Gasteiger partial charge >= 0.3 is 0 Å². The van der Waals surface area contributed by atoms with Crippen LogP contribution in [0.4, 0.5) is 0 Å². The predicted octanol–water partition coefficient (Wildman–Crippen LogP) is 0.805. The molecule has 0 radical (unpaired) electrons. The lowest BCUT2D eigenvalue weighted by Crippen LogP contribution is -2.02. The molecular formula is C9H9ClN4O2S. The molecule has 0 aliphatic rings. The fourth-order valence-corrected chi connectivity index (χ4v) is 1.81. The van der Waals surface area contributed by atoms with Gasteiger partial charge in [0.2, 0.25) is 5.95 Å². The molecule has 90 valence electrons. The van der Waals surface area contributed by atoms with Gasteiger partial charge in [0.1, 0.15) is 4.90 Å². The molecule has 0 aromatic carbocycles. The molecule has 0 atom stereocenters. The zero-order valence-corrected chi connectivity index (χ0v) is 10.5. The molecule has 2 aromatic heterocycles. The van der Waals surface area contributed by atoms with Gasteiger partial charge in [-0.25, -0.2) is 23.1 Å². The molecule has 17 heavy (non-hydrogen) atoms. The van der Waals surface area contributed by atoms with E-state index in [0.717, 1.165) is 11.8 Å². The number of alkyl halides is 1. The maximum Gasteiger partial charge on any atom is 0.250 e. The Morgan fingerprint density at radius 3 is 2.41 bits per heavy atom. The molecule has 0 aliphatic carbocycles. The third-order valence-electron chi connectivity index (χ3n) is 2.04. The Kier molecular flexibility index (Phi) is 3.12. The average molecular weight is 273 g/mol. The lowest BCUT2D eigenvalue weighted by molar-refractivity contribution is 0.602. The molecule has 0 fully saturated rings. The standard InChI is InChI=1S/C9H9ClN4O2S/c1-17(15,16)8-5-13-14(6-8)9-11-3-7(2-10)4-12-9/h3-6H,2H2,1H3. The summed E-state index contributed by atoms with van der Waals surface area (Å²) >= 11 is 5.61. The van der Waals surface area contributed by atoms with E-state index in [1.54, 1.807) is 12.4 Å². The molecule has 0 bridgehead atoms. The molecule has 0 unspecified atom stereocenters. The summed E-state index contributed by atoms with van der Waals surface area (Å²) in [5.41, 5.74) is 0.783. The van der Waals surface area contributed by atoms with Gasteiger partial charge in [-0.3, -0.25) is 0 Å². The number of sulfone groups is 1. The van der Waals surface area contributed by atoms with Crippen molar-refractivity contribution in [3.63, 3.8) is 0 Å². The number of halogens is 1. The van der Waals surface area contributed by atoms with Crippen LogP contribution in [0.25, 0.3) is 5.95 Å². The summed E-state index contributed by atoms with van der Waals surface area (Å²) in [7, 11) is -3.26. The lowest BCUT2D eigenvalue weighted by Gasteiger charge is -1.99. The van der Waals surface area contributed by atoms with Crippen molar-refractivity contribution in [2.75, 3.05) is 6.26 Å². The number of hydrogen-bond acceptors (Lipinski definition) is 5. The number of nitrogens with zero attached hydrogens (tertiary/aromatic N) is 4. The van der Waals surface area contributed by atoms with Crippen LogP contribution >= 0.6 is 11.6 Å². The van der Waals surface area contributed by atoms with E-state index in [-0.39, 0.29) is 4.90 Å². The summed E-state index contributed by atoms with van der Waals surface area (Å²) in [5.74, 6) is 0.627. The summed E-state index contributed by atoms with van der Waals surface area (Å²) in [6.07, 6.45) is 6.87. The highest BCUT2D eigenvalue weighted by atomic mass is 35.5. The Morgan fingerprint density at radius 2 is 1.94 bits per heavy atom. The Morgan fingerprint density at radius 1 is 1.29 bits per heavy atom. The minimum atomic E-state index is -3.26. The first-order valence-electron chi connectivity index (χ1n) is 4.62. The van der Waals surface area contributed by atoms with Gasteiger partial charge in [-0.05, 0) is 0 Å². The molecule has 0 amide bonds. The summed E-state index contributed by atoms with van der Waals surface area (Å²) in [4.78, 5) is 8.18. The molecule has 0 N–H and O–H groups in total. The highest BCUT2D eigenvalue weighted by Gasteiger charge is 2.11. The van der Waals surface area contributed by atoms with E-state index in [2.05, 4.69) is 15.1 Å². The highest BCUT2D eigenvalue weighted by Crippen LogP contribution is 2.09. The molecule has 0 spiro atoms. The van der Waals surface area contributed by atoms with E-state index in [1.807, 2.05) is 0 Å². The van der Waals surface area contributed by atoms with Crippen LogP contribution in [-0.2, 0) is 15.7 Å². The summed E-state index contributed by atoms with van der Waals surface area (Å²) in [5, 5.41) is 3.89. The van der Waals surface area contributed by atoms with E-state index in [0.29, 0.717) is 11.8 Å². The normalized spacial score (nSPS) is 11.6. The van der Waals surface area contributed by atoms with Crippen LogP contribution in [0.1, 0.15) is 5.56 Å². The second-order valence-electron chi connectivity index (χ2n) is 3.42. The number of aromatic nitrogens is 4. The zero-order valence-electron chi connectivity index (χ0n) is 8.91. The largest absolute Gasteiger partial charge is 0.250 e. The second-order valence-corrected chi connectivity index (χ2v) is 5.70. The van der Waals surface area contributed by atoms with Gasteiger partial charge in [0.15, 0.2) is 9.84 Å². The first-order valence-corrected chi connectivity index (χ1v) is 7.05. The van der Waals surface area contributed by atoms with Gasteiger partial charge in [0.25, 0.3) is 0 Å². The highest BCUT2D eigenvalue weighted by molar-refractivity contribution is 7.90. The smallest absolute Gasteiger partial charge is 0.224 e. The lowest BCUT2D eigenvalue weighted by atomic mass is 10.4. The fourth-order valence-electron chi connectivity index (χ4n) is 1.14. The van der Waals surface area contributed by atoms with Crippen molar-refractivity contribution in [2.45, 2.75) is 10.8 Å². The third-order valence-corrected chi connectivity index (χ3v) is 3.41. The Hall–Kier alpha value is -1.47. The minimum absolute atomic E-state index is 0.127. The van der Waals surface area contributed by atoms with Crippen LogP contribution in [0, 0.1) is 0 Å². The molecule has 2 rings (SSSR count). The van der Waals surface area contributed by atoms with E-state index in [9.17, 15) is 8.42 Å². The van der Waals surface area contributed by atoms with E-state index < -0.39 is 9.84 Å². The molecule has 2 heterocycles. The Labute approximate surface area is 103 Å². The fraction of sp³-hybridized carbons (Fsp3) is 0.222. The molecule has 8 heteroatoms. The SMILES string of the molecule is CS(=O)(=O)c1cnn(-c2ncc(CCl)cn2)c1. The van der Waals surface area contributed by atoms with Crippen LogP contribution < -0.4 is 0 Å². The van der Waals surface area contributed by atoms with E-state index >= 15 is 0 Å². The van der Waals surface area contributed by atoms with Gasteiger partial charge in [-0.1, -0.05) is 0 Å². The first-order chi connectivity index (χ1) is 8.00. The molecule has 0 saturated heterocycles. The van der Waals surface area contributed by atoms with Crippen LogP contribution in [0.2, 0.25) is 0 Å². The van der Waals surface area contributed by atoms with Crippen molar-refractivity contribution >= 4 is 21.4 Å². The second kappa shape index (κ2) is 4.42. The van der Waals surface area contributed by atoms with Crippen molar-refractivity contribution in [3.05, 3.63) is 30.4 Å². The van der Waals surface area contributed by atoms with Crippen LogP contribution in [0.5, 0.6) is 0 Å². The zero-order chi connectivity index (χ0) is 12.5. The molecule has 2 aromatic rings. The quantitative estimate of drug-likeness (QED) is 0.773. The molecule has 0 saturated carbocycles. The van der Waals surface area contributed by atoms with Crippen LogP contribution in [-0.4, -0.2) is 34.4 Å². The van der Waals surface area contributed by atoms with E-state index in [1.165, 1.54) is 17.1 Å². The van der Waals surface area contributed by atoms with Crippen molar-refractivity contribution in [1.82, 2.24) is 19.7 Å². The predicted molar refractivity (Wildman–Crippen MR) is 61.8 cm³/mol. The monoisotopic (exact) mass is 272 g/mol. The first kappa shape index (κ1) is 12.0. The van der Waals surface area contributed by atoms with Gasteiger partial charge in [0.05, 0.1) is 18.3 Å². The van der Waals surface area contributed by atoms with Crippen molar-refractivity contribution in [2.24, 2.45) is 0 Å². The van der Waals surface area contributed by atoms with Crippen LogP contribution in [0.3, 0.4) is 0 Å². The molecule has 0 aliphatic heterocycles. The topological polar surface area (TPSA) is 77.7 Å². The number of rotatable bonds is 3. The maximum absolute atomic E-state index is 11.3. The van der Waals surface area contributed by atoms with Gasteiger partial charge in [0, 0.05) is 24.2 Å². The number of hydrogen-bond donors (Lipinski definition) is 0.